The van der Waals surface area contributed by atoms with Crippen LogP contribution in [-0.2, 0) is 0 Å². The second-order valence-corrected chi connectivity index (χ2v) is 6.43. The van der Waals surface area contributed by atoms with Gasteiger partial charge >= 0.3 is 0 Å². The number of nitrogens with two attached hydrogens (primary N) is 1. The van der Waals surface area contributed by atoms with Crippen molar-refractivity contribution < 1.29 is 4.79 Å². The van der Waals surface area contributed by atoms with Crippen LogP contribution in [-0.4, -0.2) is 28.0 Å². The van der Waals surface area contributed by atoms with Crippen LogP contribution in [0.25, 0.3) is 0 Å². The maximum Gasteiger partial charge on any atom is 0.254 e. The normalized spacial score (nSPS) is 20.0. The molecule has 0 aromatic carbocycles. The summed E-state index contributed by atoms with van der Waals surface area (Å²) in [5.41, 5.74) is 5.83. The molecule has 0 unspecified atom stereocenters. The molecule has 0 saturated heterocycles. The first-order valence-electron chi connectivity index (χ1n) is 8.42. The van der Waals surface area contributed by atoms with Crippen LogP contribution in [0.15, 0.2) is 6.20 Å². The molecule has 0 radical (unpaired) electrons. The smallest absolute Gasteiger partial charge is 0.254 e. The summed E-state index contributed by atoms with van der Waals surface area (Å²) in [6.45, 7) is 0. The molecule has 1 aromatic heterocycles. The van der Waals surface area contributed by atoms with E-state index in [0.29, 0.717) is 29.4 Å². The number of amides is 1. The number of anilines is 2. The number of primary amides is 1. The van der Waals surface area contributed by atoms with Crippen molar-refractivity contribution in [2.75, 3.05) is 10.6 Å². The third-order valence-electron chi connectivity index (χ3n) is 4.69. The van der Waals surface area contributed by atoms with E-state index in [-0.39, 0.29) is 0 Å². The molecule has 1 amide bonds. The molecule has 0 atom stereocenters. The van der Waals surface area contributed by atoms with Crippen LogP contribution in [0.3, 0.4) is 0 Å². The van der Waals surface area contributed by atoms with Crippen LogP contribution in [0.2, 0.25) is 0 Å². The van der Waals surface area contributed by atoms with E-state index in [4.69, 9.17) is 5.73 Å². The second-order valence-electron chi connectivity index (χ2n) is 6.43. The van der Waals surface area contributed by atoms with Crippen molar-refractivity contribution >= 4 is 17.7 Å². The Morgan fingerprint density at radius 2 is 1.59 bits per heavy atom. The van der Waals surface area contributed by atoms with Gasteiger partial charge in [0.05, 0.1) is 5.56 Å². The number of carbonyl (C=O) groups is 1. The topological polar surface area (TPSA) is 92.9 Å². The predicted molar refractivity (Wildman–Crippen MR) is 86.9 cm³/mol. The molecule has 6 nitrogen and oxygen atoms in total. The molecular weight excluding hydrogens is 278 g/mol. The van der Waals surface area contributed by atoms with Crippen molar-refractivity contribution in [3.63, 3.8) is 0 Å². The zero-order valence-corrected chi connectivity index (χ0v) is 13.0. The van der Waals surface area contributed by atoms with Crippen LogP contribution in [0.1, 0.15) is 68.1 Å². The van der Waals surface area contributed by atoms with E-state index < -0.39 is 5.91 Å². The van der Waals surface area contributed by atoms with Gasteiger partial charge in [-0.2, -0.15) is 4.98 Å². The van der Waals surface area contributed by atoms with Gasteiger partial charge in [-0.15, -0.1) is 0 Å². The molecule has 0 aliphatic heterocycles. The van der Waals surface area contributed by atoms with Crippen molar-refractivity contribution in [2.24, 2.45) is 5.73 Å². The van der Waals surface area contributed by atoms with E-state index in [0.717, 1.165) is 25.7 Å². The van der Waals surface area contributed by atoms with Gasteiger partial charge in [0.2, 0.25) is 5.95 Å². The Labute approximate surface area is 131 Å². The van der Waals surface area contributed by atoms with Gasteiger partial charge in [0.15, 0.2) is 0 Å². The average Bonchev–Trinajstić information content (AvgIpc) is 3.01. The molecular formula is C16H25N5O. The zero-order chi connectivity index (χ0) is 15.4. The van der Waals surface area contributed by atoms with E-state index in [2.05, 4.69) is 20.6 Å². The molecule has 2 aliphatic rings. The summed E-state index contributed by atoms with van der Waals surface area (Å²) >= 11 is 0. The van der Waals surface area contributed by atoms with Gasteiger partial charge in [-0.25, -0.2) is 4.98 Å². The van der Waals surface area contributed by atoms with Crippen LogP contribution in [0.4, 0.5) is 11.8 Å². The van der Waals surface area contributed by atoms with Crippen molar-refractivity contribution in [1.29, 1.82) is 0 Å². The summed E-state index contributed by atoms with van der Waals surface area (Å²) in [5, 5.41) is 6.77. The highest BCUT2D eigenvalue weighted by Crippen LogP contribution is 2.24. The van der Waals surface area contributed by atoms with Crippen LogP contribution >= 0.6 is 0 Å². The van der Waals surface area contributed by atoms with E-state index in [9.17, 15) is 4.79 Å². The van der Waals surface area contributed by atoms with Crippen molar-refractivity contribution in [3.8, 4) is 0 Å². The van der Waals surface area contributed by atoms with E-state index in [1.165, 1.54) is 38.3 Å². The summed E-state index contributed by atoms with van der Waals surface area (Å²) < 4.78 is 0. The minimum absolute atomic E-state index is 0.376. The van der Waals surface area contributed by atoms with Crippen molar-refractivity contribution in [1.82, 2.24) is 9.97 Å². The molecule has 22 heavy (non-hydrogen) atoms. The lowest BCUT2D eigenvalue weighted by Crippen LogP contribution is -2.26. The third-order valence-corrected chi connectivity index (χ3v) is 4.69. The lowest BCUT2D eigenvalue weighted by atomic mass is 9.95. The number of hydrogen-bond acceptors (Lipinski definition) is 5. The molecule has 2 aliphatic carbocycles. The average molecular weight is 303 g/mol. The van der Waals surface area contributed by atoms with Gasteiger partial charge in [0, 0.05) is 18.3 Å². The fourth-order valence-electron chi connectivity index (χ4n) is 3.43. The highest BCUT2D eigenvalue weighted by molar-refractivity contribution is 5.97. The summed E-state index contributed by atoms with van der Waals surface area (Å²) in [5.74, 6) is 0.691. The standard InChI is InChI=1S/C16H25N5O/c17-14(22)13-10-18-16(20-12-8-4-5-9-12)21-15(13)19-11-6-2-1-3-7-11/h10-12H,1-9H2,(H2,17,22)(H2,18,19,20,21). The first-order chi connectivity index (χ1) is 10.7. The fourth-order valence-corrected chi connectivity index (χ4v) is 3.43. The van der Waals surface area contributed by atoms with E-state index >= 15 is 0 Å². The number of rotatable bonds is 5. The Bertz CT molecular complexity index is 521. The van der Waals surface area contributed by atoms with Gasteiger partial charge in [-0.05, 0) is 25.7 Å². The van der Waals surface area contributed by atoms with E-state index in [1.807, 2.05) is 0 Å². The molecule has 0 bridgehead atoms. The predicted octanol–water partition coefficient (Wildman–Crippen LogP) is 2.67. The number of nitrogens with zero attached hydrogens (tertiary/aromatic N) is 2. The first-order valence-corrected chi connectivity index (χ1v) is 8.42. The maximum absolute atomic E-state index is 11.6. The Morgan fingerprint density at radius 1 is 1.00 bits per heavy atom. The second kappa shape index (κ2) is 6.94. The molecule has 4 N–H and O–H groups in total. The Morgan fingerprint density at radius 3 is 2.23 bits per heavy atom. The minimum atomic E-state index is -0.481. The third kappa shape index (κ3) is 3.67. The SMILES string of the molecule is NC(=O)c1cnc(NC2CCCC2)nc1NC1CCCCC1. The Balaban J connectivity index is 1.75. The maximum atomic E-state index is 11.6. The largest absolute Gasteiger partial charge is 0.367 e. The zero-order valence-electron chi connectivity index (χ0n) is 13.0. The van der Waals surface area contributed by atoms with E-state index in [1.54, 1.807) is 0 Å². The monoisotopic (exact) mass is 303 g/mol. The Kier molecular flexibility index (Phi) is 4.75. The summed E-state index contributed by atoms with van der Waals surface area (Å²) in [6, 6.07) is 0.822. The van der Waals surface area contributed by atoms with Crippen molar-refractivity contribution in [3.05, 3.63) is 11.8 Å². The number of hydrogen-bond donors (Lipinski definition) is 3. The lowest BCUT2D eigenvalue weighted by Gasteiger charge is -2.24. The molecule has 1 heterocycles. The van der Waals surface area contributed by atoms with Gasteiger partial charge in [-0.3, -0.25) is 4.79 Å². The number of aromatic nitrogens is 2. The number of carbonyl (C=O) groups excluding carboxylic acids is 1. The van der Waals surface area contributed by atoms with Gasteiger partial charge < -0.3 is 16.4 Å². The van der Waals surface area contributed by atoms with Crippen LogP contribution in [0.5, 0.6) is 0 Å². The van der Waals surface area contributed by atoms with Crippen LogP contribution in [0, 0.1) is 0 Å². The molecule has 2 fully saturated rings. The molecule has 1 aromatic rings. The quantitative estimate of drug-likeness (QED) is 0.777. The Hall–Kier alpha value is -1.85. The molecule has 0 spiro atoms. The summed E-state index contributed by atoms with van der Waals surface area (Å²) in [6.07, 6.45) is 12.3. The fraction of sp³-hybridized carbons (Fsp3) is 0.688. The van der Waals surface area contributed by atoms with Gasteiger partial charge in [-0.1, -0.05) is 32.1 Å². The minimum Gasteiger partial charge on any atom is -0.367 e. The lowest BCUT2D eigenvalue weighted by molar-refractivity contribution is 0.100. The van der Waals surface area contributed by atoms with Gasteiger partial charge in [0.1, 0.15) is 5.82 Å². The first kappa shape index (κ1) is 15.1. The summed E-state index contributed by atoms with van der Waals surface area (Å²) in [7, 11) is 0. The number of nitrogens with one attached hydrogen (secondary N) is 2. The molecule has 6 heteroatoms. The summed E-state index contributed by atoms with van der Waals surface area (Å²) in [4.78, 5) is 20.4. The molecule has 3 rings (SSSR count). The van der Waals surface area contributed by atoms with Gasteiger partial charge in [0.25, 0.3) is 5.91 Å². The molecule has 120 valence electrons. The van der Waals surface area contributed by atoms with Crippen molar-refractivity contribution in [2.45, 2.75) is 69.9 Å². The molecule has 2 saturated carbocycles. The van der Waals surface area contributed by atoms with Crippen LogP contribution < -0.4 is 16.4 Å². The highest BCUT2D eigenvalue weighted by Gasteiger charge is 2.20. The highest BCUT2D eigenvalue weighted by atomic mass is 16.1.